The highest BCUT2D eigenvalue weighted by Gasteiger charge is 2.11. The molecular formula is C25H23NO2S. The fourth-order valence-corrected chi connectivity index (χ4v) is 4.16. The van der Waals surface area contributed by atoms with Gasteiger partial charge in [-0.1, -0.05) is 50.2 Å². The topological polar surface area (TPSA) is 47.0 Å². The van der Waals surface area contributed by atoms with Crippen LogP contribution in [0.1, 0.15) is 25.3 Å². The van der Waals surface area contributed by atoms with Gasteiger partial charge in [-0.25, -0.2) is 8.42 Å². The minimum atomic E-state index is -3.20. The number of rotatable bonds is 4. The summed E-state index contributed by atoms with van der Waals surface area (Å²) in [5, 5.41) is 1.14. The molecule has 0 N–H and O–H groups in total. The molecule has 4 heteroatoms. The van der Waals surface area contributed by atoms with Crippen LogP contribution in [0.25, 0.3) is 33.2 Å². The maximum Gasteiger partial charge on any atom is 0.175 e. The summed E-state index contributed by atoms with van der Waals surface area (Å²) in [5.41, 5.74) is 6.50. The summed E-state index contributed by atoms with van der Waals surface area (Å²) >= 11 is 0. The lowest BCUT2D eigenvalue weighted by Crippen LogP contribution is -1.96. The zero-order valence-electron chi connectivity index (χ0n) is 16.8. The lowest BCUT2D eigenvalue weighted by atomic mass is 9.92. The van der Waals surface area contributed by atoms with Crippen LogP contribution in [0.15, 0.2) is 83.9 Å². The Morgan fingerprint density at radius 3 is 2.21 bits per heavy atom. The van der Waals surface area contributed by atoms with Crippen LogP contribution in [0, 0.1) is 0 Å². The Labute approximate surface area is 172 Å². The molecule has 0 fully saturated rings. The number of fused-ring (bicyclic) bond motifs is 1. The van der Waals surface area contributed by atoms with Crippen molar-refractivity contribution < 1.29 is 8.42 Å². The number of sulfone groups is 1. The van der Waals surface area contributed by atoms with Crippen molar-refractivity contribution in [2.75, 3.05) is 6.26 Å². The first kappa shape index (κ1) is 19.3. The number of hydrogen-bond donors (Lipinski definition) is 0. The highest BCUT2D eigenvalue weighted by Crippen LogP contribution is 2.33. The molecule has 3 nitrogen and oxygen atoms in total. The van der Waals surface area contributed by atoms with Gasteiger partial charge < -0.3 is 0 Å². The molecule has 0 amide bonds. The maximum absolute atomic E-state index is 11.7. The number of nitrogens with zero attached hydrogens (tertiary/aromatic N) is 1. The first-order chi connectivity index (χ1) is 13.8. The second kappa shape index (κ2) is 7.45. The number of hydrogen-bond acceptors (Lipinski definition) is 3. The van der Waals surface area contributed by atoms with E-state index in [1.807, 2.05) is 36.5 Å². The van der Waals surface area contributed by atoms with Gasteiger partial charge in [-0.2, -0.15) is 0 Å². The van der Waals surface area contributed by atoms with Crippen molar-refractivity contribution in [3.63, 3.8) is 0 Å². The third-order valence-electron chi connectivity index (χ3n) is 5.18. The molecular weight excluding hydrogens is 378 g/mol. The SMILES string of the molecule is CC(C)c1cc(-c2cccc(-c3ccc(S(C)(=O)=O)cc3)c2)c2ncccc2c1. The molecule has 0 aliphatic heterocycles. The molecule has 0 aliphatic carbocycles. The molecule has 0 atom stereocenters. The average Bonchev–Trinajstić information content (AvgIpc) is 2.72. The van der Waals surface area contributed by atoms with Gasteiger partial charge in [-0.3, -0.25) is 4.98 Å². The van der Waals surface area contributed by atoms with Crippen molar-refractivity contribution in [3.05, 3.63) is 84.6 Å². The van der Waals surface area contributed by atoms with Crippen molar-refractivity contribution in [1.82, 2.24) is 4.98 Å². The Morgan fingerprint density at radius 2 is 1.52 bits per heavy atom. The lowest BCUT2D eigenvalue weighted by molar-refractivity contribution is 0.602. The van der Waals surface area contributed by atoms with Crippen LogP contribution in [0.2, 0.25) is 0 Å². The van der Waals surface area contributed by atoms with Crippen molar-refractivity contribution in [1.29, 1.82) is 0 Å². The molecule has 146 valence electrons. The Bertz CT molecular complexity index is 1290. The molecule has 0 saturated carbocycles. The number of benzene rings is 3. The van der Waals surface area contributed by atoms with E-state index in [9.17, 15) is 8.42 Å². The highest BCUT2D eigenvalue weighted by molar-refractivity contribution is 7.90. The third-order valence-corrected chi connectivity index (χ3v) is 6.31. The van der Waals surface area contributed by atoms with Gasteiger partial charge in [-0.05, 0) is 64.6 Å². The van der Waals surface area contributed by atoms with Gasteiger partial charge in [0.25, 0.3) is 0 Å². The number of pyridine rings is 1. The van der Waals surface area contributed by atoms with Crippen molar-refractivity contribution in [2.24, 2.45) is 0 Å². The van der Waals surface area contributed by atoms with Crippen LogP contribution in [-0.4, -0.2) is 19.7 Å². The number of aromatic nitrogens is 1. The van der Waals surface area contributed by atoms with Gasteiger partial charge in [0.05, 0.1) is 10.4 Å². The minimum Gasteiger partial charge on any atom is -0.256 e. The second-order valence-electron chi connectivity index (χ2n) is 7.68. The molecule has 0 saturated heterocycles. The monoisotopic (exact) mass is 401 g/mol. The molecule has 0 spiro atoms. The molecule has 0 bridgehead atoms. The normalized spacial score (nSPS) is 11.9. The fraction of sp³-hybridized carbons (Fsp3) is 0.160. The van der Waals surface area contributed by atoms with E-state index in [1.165, 1.54) is 11.8 Å². The van der Waals surface area contributed by atoms with E-state index in [-0.39, 0.29) is 0 Å². The van der Waals surface area contributed by atoms with Crippen LogP contribution in [0.5, 0.6) is 0 Å². The predicted octanol–water partition coefficient (Wildman–Crippen LogP) is 6.10. The summed E-state index contributed by atoms with van der Waals surface area (Å²) in [6.07, 6.45) is 3.05. The summed E-state index contributed by atoms with van der Waals surface area (Å²) < 4.78 is 23.4. The smallest absolute Gasteiger partial charge is 0.175 e. The average molecular weight is 402 g/mol. The maximum atomic E-state index is 11.7. The Hall–Kier alpha value is -2.98. The third kappa shape index (κ3) is 3.94. The van der Waals surface area contributed by atoms with Crippen molar-refractivity contribution >= 4 is 20.7 Å². The van der Waals surface area contributed by atoms with Gasteiger partial charge >= 0.3 is 0 Å². The summed E-state index contributed by atoms with van der Waals surface area (Å²) in [6, 6.07) is 23.9. The van der Waals surface area contributed by atoms with Gasteiger partial charge in [0, 0.05) is 23.4 Å². The van der Waals surface area contributed by atoms with E-state index in [0.717, 1.165) is 33.2 Å². The standard InChI is InChI=1S/C25H23NO2S/c1-17(2)22-15-21-8-5-13-26-25(21)24(16-22)20-7-4-6-19(14-20)18-9-11-23(12-10-18)29(3,27)28/h4-17H,1-3H3. The van der Waals surface area contributed by atoms with Crippen molar-refractivity contribution in [2.45, 2.75) is 24.7 Å². The molecule has 0 unspecified atom stereocenters. The highest BCUT2D eigenvalue weighted by atomic mass is 32.2. The van der Waals surface area contributed by atoms with Crippen molar-refractivity contribution in [3.8, 4) is 22.3 Å². The van der Waals surface area contributed by atoms with E-state index in [0.29, 0.717) is 10.8 Å². The van der Waals surface area contributed by atoms with E-state index >= 15 is 0 Å². The largest absolute Gasteiger partial charge is 0.256 e. The van der Waals surface area contributed by atoms with E-state index < -0.39 is 9.84 Å². The second-order valence-corrected chi connectivity index (χ2v) is 9.69. The summed E-state index contributed by atoms with van der Waals surface area (Å²) in [4.78, 5) is 4.96. The Kier molecular flexibility index (Phi) is 4.97. The first-order valence-electron chi connectivity index (χ1n) is 9.62. The Balaban J connectivity index is 1.84. The fourth-order valence-electron chi connectivity index (χ4n) is 3.53. The zero-order valence-corrected chi connectivity index (χ0v) is 17.6. The van der Waals surface area contributed by atoms with Crippen LogP contribution in [0.4, 0.5) is 0 Å². The quantitative estimate of drug-likeness (QED) is 0.415. The summed E-state index contributed by atoms with van der Waals surface area (Å²) in [5.74, 6) is 0.421. The van der Waals surface area contributed by atoms with Gasteiger partial charge in [0.2, 0.25) is 0 Å². The molecule has 4 aromatic rings. The van der Waals surface area contributed by atoms with Gasteiger partial charge in [0.15, 0.2) is 9.84 Å². The Morgan fingerprint density at radius 1 is 0.793 bits per heavy atom. The molecule has 0 aliphatic rings. The first-order valence-corrected chi connectivity index (χ1v) is 11.5. The van der Waals surface area contributed by atoms with E-state index in [1.54, 1.807) is 12.1 Å². The van der Waals surface area contributed by atoms with E-state index in [4.69, 9.17) is 0 Å². The molecule has 1 heterocycles. The van der Waals surface area contributed by atoms with Crippen LogP contribution in [0.3, 0.4) is 0 Å². The predicted molar refractivity (Wildman–Crippen MR) is 120 cm³/mol. The zero-order chi connectivity index (χ0) is 20.6. The van der Waals surface area contributed by atoms with Crippen LogP contribution >= 0.6 is 0 Å². The van der Waals surface area contributed by atoms with Gasteiger partial charge in [0.1, 0.15) is 0 Å². The molecule has 4 rings (SSSR count). The minimum absolute atomic E-state index is 0.331. The van der Waals surface area contributed by atoms with Gasteiger partial charge in [-0.15, -0.1) is 0 Å². The summed E-state index contributed by atoms with van der Waals surface area (Å²) in [6.45, 7) is 4.39. The summed E-state index contributed by atoms with van der Waals surface area (Å²) in [7, 11) is -3.20. The lowest BCUT2D eigenvalue weighted by Gasteiger charge is -2.13. The molecule has 1 aromatic heterocycles. The van der Waals surface area contributed by atoms with Crippen LogP contribution < -0.4 is 0 Å². The molecule has 0 radical (unpaired) electrons. The van der Waals surface area contributed by atoms with Crippen LogP contribution in [-0.2, 0) is 9.84 Å². The van der Waals surface area contributed by atoms with E-state index in [2.05, 4.69) is 49.2 Å². The molecule has 3 aromatic carbocycles. The molecule has 29 heavy (non-hydrogen) atoms.